The van der Waals surface area contributed by atoms with Crippen molar-refractivity contribution in [3.63, 3.8) is 0 Å². The Labute approximate surface area is 106 Å². The molecule has 0 aromatic carbocycles. The lowest BCUT2D eigenvalue weighted by Gasteiger charge is -2.02. The molecule has 0 rings (SSSR count). The van der Waals surface area contributed by atoms with Crippen molar-refractivity contribution in [2.75, 3.05) is 24.7 Å². The summed E-state index contributed by atoms with van der Waals surface area (Å²) in [5.74, 6) is -0.323. The maximum atomic E-state index is 11.1. The van der Waals surface area contributed by atoms with Crippen LogP contribution in [-0.4, -0.2) is 36.7 Å². The van der Waals surface area contributed by atoms with Gasteiger partial charge in [0.2, 0.25) is 0 Å². The molecular weight excluding hydrogens is 240 g/mol. The van der Waals surface area contributed by atoms with Gasteiger partial charge in [0.25, 0.3) is 0 Å². The van der Waals surface area contributed by atoms with E-state index in [1.54, 1.807) is 24.3 Å². The van der Waals surface area contributed by atoms with E-state index in [-0.39, 0.29) is 36.7 Å². The van der Waals surface area contributed by atoms with Crippen molar-refractivity contribution < 1.29 is 19.1 Å². The lowest BCUT2D eigenvalue weighted by Crippen LogP contribution is -2.12. The number of ether oxygens (including phenoxy) is 2. The number of hydrogen-bond donors (Lipinski definition) is 0. The fraction of sp³-hybridized carbons (Fsp3) is 0.500. The summed E-state index contributed by atoms with van der Waals surface area (Å²) in [4.78, 5) is 22.2. The summed E-state index contributed by atoms with van der Waals surface area (Å²) in [6, 6.07) is 0. The lowest BCUT2D eigenvalue weighted by molar-refractivity contribution is -0.139. The van der Waals surface area contributed by atoms with Gasteiger partial charge in [-0.25, -0.2) is 0 Å². The molecule has 0 aromatic heterocycles. The van der Waals surface area contributed by atoms with Gasteiger partial charge in [-0.3, -0.25) is 9.59 Å². The van der Waals surface area contributed by atoms with Crippen molar-refractivity contribution in [3.05, 3.63) is 24.3 Å². The van der Waals surface area contributed by atoms with E-state index in [9.17, 15) is 9.59 Å². The molecule has 0 bridgehead atoms. The zero-order valence-corrected chi connectivity index (χ0v) is 11.0. The zero-order chi connectivity index (χ0) is 12.9. The van der Waals surface area contributed by atoms with Crippen LogP contribution in [0, 0.1) is 0 Å². The molecule has 0 fully saturated rings. The van der Waals surface area contributed by atoms with Crippen LogP contribution >= 0.6 is 11.8 Å². The van der Waals surface area contributed by atoms with Gasteiger partial charge in [-0.05, 0) is 13.8 Å². The topological polar surface area (TPSA) is 52.6 Å². The van der Waals surface area contributed by atoms with Gasteiger partial charge in [0.1, 0.15) is 13.2 Å². The Morgan fingerprint density at radius 2 is 1.35 bits per heavy atom. The third-order valence-corrected chi connectivity index (χ3v) is 2.47. The first-order valence-electron chi connectivity index (χ1n) is 5.32. The normalized spacial score (nSPS) is 10.9. The molecule has 0 aliphatic heterocycles. The number of allylic oxidation sites excluding steroid dienone is 2. The summed E-state index contributed by atoms with van der Waals surface area (Å²) in [6.45, 7) is 4.26. The summed E-state index contributed by atoms with van der Waals surface area (Å²) in [5, 5.41) is 0. The van der Waals surface area contributed by atoms with Crippen molar-refractivity contribution in [1.29, 1.82) is 0 Å². The molecule has 0 amide bonds. The molecule has 0 aromatic rings. The van der Waals surface area contributed by atoms with E-state index < -0.39 is 0 Å². The minimum Gasteiger partial charge on any atom is -0.461 e. The number of rotatable bonds is 8. The van der Waals surface area contributed by atoms with Gasteiger partial charge in [-0.1, -0.05) is 24.3 Å². The van der Waals surface area contributed by atoms with Crippen LogP contribution in [0.25, 0.3) is 0 Å². The van der Waals surface area contributed by atoms with E-state index in [1.807, 2.05) is 13.8 Å². The van der Waals surface area contributed by atoms with Gasteiger partial charge in [0.15, 0.2) is 0 Å². The first-order chi connectivity index (χ1) is 8.20. The number of thioether (sulfide) groups is 1. The van der Waals surface area contributed by atoms with Crippen LogP contribution in [-0.2, 0) is 19.1 Å². The third-order valence-electron chi connectivity index (χ3n) is 1.59. The molecule has 0 atom stereocenters. The minimum atomic E-state index is -0.325. The van der Waals surface area contributed by atoms with Crippen LogP contribution in [0.1, 0.15) is 13.8 Å². The molecule has 96 valence electrons. The van der Waals surface area contributed by atoms with Gasteiger partial charge in [0, 0.05) is 0 Å². The summed E-state index contributed by atoms with van der Waals surface area (Å²) < 4.78 is 9.71. The smallest absolute Gasteiger partial charge is 0.316 e. The monoisotopic (exact) mass is 258 g/mol. The first kappa shape index (κ1) is 15.8. The summed E-state index contributed by atoms with van der Waals surface area (Å²) >= 11 is 1.19. The zero-order valence-electron chi connectivity index (χ0n) is 10.2. The van der Waals surface area contributed by atoms with E-state index in [4.69, 9.17) is 9.47 Å². The largest absolute Gasteiger partial charge is 0.461 e. The quantitative estimate of drug-likeness (QED) is 0.492. The number of carbonyl (C=O) groups excluding carboxylic acids is 2. The van der Waals surface area contributed by atoms with Crippen molar-refractivity contribution in [2.24, 2.45) is 0 Å². The maximum absolute atomic E-state index is 11.1. The van der Waals surface area contributed by atoms with Gasteiger partial charge >= 0.3 is 11.9 Å². The molecule has 0 spiro atoms. The highest BCUT2D eigenvalue weighted by Crippen LogP contribution is 2.01. The van der Waals surface area contributed by atoms with Crippen LogP contribution in [0.4, 0.5) is 0 Å². The molecule has 0 heterocycles. The molecule has 0 saturated heterocycles. The maximum Gasteiger partial charge on any atom is 0.316 e. The van der Waals surface area contributed by atoms with E-state index >= 15 is 0 Å². The van der Waals surface area contributed by atoms with Gasteiger partial charge in [-0.2, -0.15) is 0 Å². The van der Waals surface area contributed by atoms with E-state index in [2.05, 4.69) is 0 Å². The van der Waals surface area contributed by atoms with E-state index in [1.165, 1.54) is 11.8 Å². The van der Waals surface area contributed by atoms with Gasteiger partial charge < -0.3 is 9.47 Å². The Kier molecular flexibility index (Phi) is 10.4. The highest BCUT2D eigenvalue weighted by molar-refractivity contribution is 8.00. The molecule has 17 heavy (non-hydrogen) atoms. The Balaban J connectivity index is 3.48. The second kappa shape index (κ2) is 11.3. The second-order valence-electron chi connectivity index (χ2n) is 3.00. The van der Waals surface area contributed by atoms with Crippen LogP contribution in [0.5, 0.6) is 0 Å². The third kappa shape index (κ3) is 11.0. The molecule has 0 unspecified atom stereocenters. The fourth-order valence-electron chi connectivity index (χ4n) is 0.776. The highest BCUT2D eigenvalue weighted by Gasteiger charge is 2.06. The van der Waals surface area contributed by atoms with Crippen LogP contribution < -0.4 is 0 Å². The van der Waals surface area contributed by atoms with Crippen LogP contribution in [0.15, 0.2) is 24.3 Å². The van der Waals surface area contributed by atoms with Crippen molar-refractivity contribution >= 4 is 23.7 Å². The van der Waals surface area contributed by atoms with Crippen molar-refractivity contribution in [2.45, 2.75) is 13.8 Å². The predicted octanol–water partition coefficient (Wildman–Crippen LogP) is 1.96. The van der Waals surface area contributed by atoms with Crippen molar-refractivity contribution in [3.8, 4) is 0 Å². The fourth-order valence-corrected chi connectivity index (χ4v) is 1.38. The first-order valence-corrected chi connectivity index (χ1v) is 6.47. The summed E-state index contributed by atoms with van der Waals surface area (Å²) in [5.41, 5.74) is 0. The Morgan fingerprint density at radius 3 is 1.71 bits per heavy atom. The number of hydrogen-bond acceptors (Lipinski definition) is 5. The van der Waals surface area contributed by atoms with Crippen molar-refractivity contribution in [1.82, 2.24) is 0 Å². The molecular formula is C12H18O4S. The Morgan fingerprint density at radius 1 is 0.941 bits per heavy atom. The molecule has 0 radical (unpaired) electrons. The van der Waals surface area contributed by atoms with E-state index in [0.29, 0.717) is 0 Å². The Bertz CT molecular complexity index is 256. The number of carbonyl (C=O) groups is 2. The standard InChI is InChI=1S/C12H18O4S/c1-3-5-7-15-11(13)9-17-10-12(14)16-8-6-4-2/h3-6H,7-10H2,1-2H3/b5-3-,6-4-. The molecule has 0 aliphatic carbocycles. The molecule has 0 aliphatic rings. The Hall–Kier alpha value is -1.23. The molecule has 0 N–H and O–H groups in total. The highest BCUT2D eigenvalue weighted by atomic mass is 32.2. The molecule has 0 saturated carbocycles. The van der Waals surface area contributed by atoms with Crippen LogP contribution in [0.3, 0.4) is 0 Å². The lowest BCUT2D eigenvalue weighted by atomic mass is 10.5. The molecule has 4 nitrogen and oxygen atoms in total. The average molecular weight is 258 g/mol. The van der Waals surface area contributed by atoms with Crippen LogP contribution in [0.2, 0.25) is 0 Å². The number of esters is 2. The summed E-state index contributed by atoms with van der Waals surface area (Å²) in [7, 11) is 0. The molecule has 5 heteroatoms. The van der Waals surface area contributed by atoms with E-state index in [0.717, 1.165) is 0 Å². The van der Waals surface area contributed by atoms with Gasteiger partial charge in [0.05, 0.1) is 11.5 Å². The SMILES string of the molecule is C/C=C\COC(=O)CSCC(=O)OC/C=C\C. The average Bonchev–Trinajstić information content (AvgIpc) is 2.30. The minimum absolute atomic E-state index is 0.163. The van der Waals surface area contributed by atoms with Gasteiger partial charge in [-0.15, -0.1) is 11.8 Å². The summed E-state index contributed by atoms with van der Waals surface area (Å²) in [6.07, 6.45) is 7.10. The second-order valence-corrected chi connectivity index (χ2v) is 3.98. The predicted molar refractivity (Wildman–Crippen MR) is 68.9 cm³/mol.